The lowest BCUT2D eigenvalue weighted by atomic mass is 10.1. The average Bonchev–Trinajstić information content (AvgIpc) is 2.77. The van der Waals surface area contributed by atoms with E-state index in [9.17, 15) is 17.6 Å². The molecular weight excluding hydrogens is 495 g/mol. The number of hydrogen-bond donors (Lipinski definition) is 2. The van der Waals surface area contributed by atoms with Crippen molar-refractivity contribution in [1.82, 2.24) is 5.32 Å². The maximum absolute atomic E-state index is 13.8. The summed E-state index contributed by atoms with van der Waals surface area (Å²) in [6.45, 7) is 5.88. The highest BCUT2D eigenvalue weighted by Gasteiger charge is 2.19. The Hall–Kier alpha value is -2.55. The van der Waals surface area contributed by atoms with Crippen LogP contribution in [-0.2, 0) is 15.8 Å². The Morgan fingerprint density at radius 1 is 1.00 bits per heavy atom. The Morgan fingerprint density at radius 2 is 1.74 bits per heavy atom. The van der Waals surface area contributed by atoms with Crippen molar-refractivity contribution in [2.24, 2.45) is 0 Å². The lowest BCUT2D eigenvalue weighted by molar-refractivity contribution is 0.0956. The fourth-order valence-corrected chi connectivity index (χ4v) is 5.75. The quantitative estimate of drug-likeness (QED) is 0.346. The van der Waals surface area contributed by atoms with Gasteiger partial charge in [0.25, 0.3) is 15.9 Å². The molecular formula is C25H26ClFN2O3S2. The summed E-state index contributed by atoms with van der Waals surface area (Å²) in [6, 6.07) is 14.5. The number of carbonyl (C=O) groups is 1. The minimum absolute atomic E-state index is 0.0435. The standard InChI is InChI=1S/C25H26ClFN2O3S2/c1-16-8-10-20(13-18(16)3)29-34(31,32)24-14-19(9-7-17(24)2)25(30)28-11-12-33-15-21-22(26)5-4-6-23(21)27/h4-10,13-14,29H,11-12,15H2,1-3H3,(H,28,30). The number of benzene rings is 3. The maximum Gasteiger partial charge on any atom is 0.262 e. The molecule has 0 saturated carbocycles. The van der Waals surface area contributed by atoms with E-state index in [1.165, 1.54) is 23.9 Å². The summed E-state index contributed by atoms with van der Waals surface area (Å²) in [4.78, 5) is 12.6. The van der Waals surface area contributed by atoms with Gasteiger partial charge in [-0.05, 0) is 73.9 Å². The Morgan fingerprint density at radius 3 is 2.44 bits per heavy atom. The molecule has 0 aromatic heterocycles. The van der Waals surface area contributed by atoms with Gasteiger partial charge >= 0.3 is 0 Å². The van der Waals surface area contributed by atoms with E-state index >= 15 is 0 Å². The molecule has 5 nitrogen and oxygen atoms in total. The molecule has 0 radical (unpaired) electrons. The predicted molar refractivity (Wildman–Crippen MR) is 138 cm³/mol. The third-order valence-electron chi connectivity index (χ3n) is 5.34. The van der Waals surface area contributed by atoms with Crippen molar-refractivity contribution in [2.75, 3.05) is 17.0 Å². The van der Waals surface area contributed by atoms with Crippen molar-refractivity contribution in [3.63, 3.8) is 0 Å². The van der Waals surface area contributed by atoms with Crippen molar-refractivity contribution >= 4 is 45.0 Å². The first kappa shape index (κ1) is 26.1. The van der Waals surface area contributed by atoms with E-state index in [0.717, 1.165) is 11.1 Å². The van der Waals surface area contributed by atoms with Gasteiger partial charge in [0.15, 0.2) is 0 Å². The molecule has 0 aliphatic carbocycles. The van der Waals surface area contributed by atoms with Crippen LogP contribution in [0.5, 0.6) is 0 Å². The molecule has 1 amide bonds. The van der Waals surface area contributed by atoms with E-state index in [2.05, 4.69) is 10.0 Å². The van der Waals surface area contributed by atoms with E-state index in [1.54, 1.807) is 43.3 Å². The third kappa shape index (κ3) is 6.52. The van der Waals surface area contributed by atoms with E-state index in [0.29, 0.717) is 39.9 Å². The zero-order valence-electron chi connectivity index (χ0n) is 19.1. The summed E-state index contributed by atoms with van der Waals surface area (Å²) < 4.78 is 42.4. The first-order chi connectivity index (χ1) is 16.1. The fraction of sp³-hybridized carbons (Fsp3) is 0.240. The highest BCUT2D eigenvalue weighted by atomic mass is 35.5. The topological polar surface area (TPSA) is 75.3 Å². The Bertz CT molecular complexity index is 1290. The average molecular weight is 521 g/mol. The number of halogens is 2. The van der Waals surface area contributed by atoms with Crippen LogP contribution in [0.4, 0.5) is 10.1 Å². The Labute approximate surface area is 209 Å². The number of amides is 1. The second kappa shape index (κ2) is 11.3. The number of carbonyl (C=O) groups excluding carboxylic acids is 1. The van der Waals surface area contributed by atoms with Crippen LogP contribution in [0.2, 0.25) is 5.02 Å². The molecule has 0 aliphatic heterocycles. The number of aryl methyl sites for hydroxylation is 3. The first-order valence-electron chi connectivity index (χ1n) is 10.6. The van der Waals surface area contributed by atoms with Crippen LogP contribution >= 0.6 is 23.4 Å². The van der Waals surface area contributed by atoms with Crippen molar-refractivity contribution in [1.29, 1.82) is 0 Å². The van der Waals surface area contributed by atoms with E-state index in [1.807, 2.05) is 19.9 Å². The zero-order chi connectivity index (χ0) is 24.9. The summed E-state index contributed by atoms with van der Waals surface area (Å²) in [5.41, 5.74) is 3.71. The largest absolute Gasteiger partial charge is 0.351 e. The molecule has 0 heterocycles. The second-order valence-electron chi connectivity index (χ2n) is 7.89. The summed E-state index contributed by atoms with van der Waals surface area (Å²) >= 11 is 7.47. The molecule has 0 saturated heterocycles. The molecule has 2 N–H and O–H groups in total. The summed E-state index contributed by atoms with van der Waals surface area (Å²) in [5.74, 6) is 0.194. The van der Waals surface area contributed by atoms with Crippen molar-refractivity contribution in [3.8, 4) is 0 Å². The normalized spacial score (nSPS) is 11.3. The predicted octanol–water partition coefficient (Wildman–Crippen LogP) is 5.87. The summed E-state index contributed by atoms with van der Waals surface area (Å²) in [5, 5.41) is 3.15. The summed E-state index contributed by atoms with van der Waals surface area (Å²) in [7, 11) is -3.88. The van der Waals surface area contributed by atoms with Crippen LogP contribution in [-0.4, -0.2) is 26.6 Å². The van der Waals surface area contributed by atoms with Gasteiger partial charge in [0.05, 0.1) is 4.90 Å². The first-order valence-corrected chi connectivity index (χ1v) is 13.6. The number of thioether (sulfide) groups is 1. The maximum atomic E-state index is 13.8. The van der Waals surface area contributed by atoms with Gasteiger partial charge in [0.1, 0.15) is 5.82 Å². The van der Waals surface area contributed by atoms with Crippen LogP contribution < -0.4 is 10.0 Å². The Kier molecular flexibility index (Phi) is 8.62. The van der Waals surface area contributed by atoms with Crippen LogP contribution in [0.15, 0.2) is 59.5 Å². The van der Waals surface area contributed by atoms with E-state index < -0.39 is 10.0 Å². The molecule has 180 valence electrons. The molecule has 0 atom stereocenters. The van der Waals surface area contributed by atoms with Crippen molar-refractivity contribution in [3.05, 3.63) is 93.3 Å². The molecule has 0 fully saturated rings. The van der Waals surface area contributed by atoms with Gasteiger partial charge in [-0.1, -0.05) is 29.8 Å². The molecule has 3 aromatic carbocycles. The van der Waals surface area contributed by atoms with Crippen LogP contribution in [0, 0.1) is 26.6 Å². The molecule has 0 aliphatic rings. The van der Waals surface area contributed by atoms with Gasteiger partial charge in [0, 0.05) is 39.9 Å². The monoisotopic (exact) mass is 520 g/mol. The van der Waals surface area contributed by atoms with Gasteiger partial charge in [-0.3, -0.25) is 9.52 Å². The number of hydrogen-bond acceptors (Lipinski definition) is 4. The van der Waals surface area contributed by atoms with Gasteiger partial charge in [-0.2, -0.15) is 11.8 Å². The lowest BCUT2D eigenvalue weighted by Crippen LogP contribution is -2.26. The number of nitrogens with one attached hydrogen (secondary N) is 2. The third-order valence-corrected chi connectivity index (χ3v) is 8.20. The molecule has 9 heteroatoms. The molecule has 0 spiro atoms. The minimum atomic E-state index is -3.88. The van der Waals surface area contributed by atoms with Crippen molar-refractivity contribution in [2.45, 2.75) is 31.4 Å². The second-order valence-corrected chi connectivity index (χ2v) is 11.1. The lowest BCUT2D eigenvalue weighted by Gasteiger charge is -2.13. The van der Waals surface area contributed by atoms with Crippen LogP contribution in [0.25, 0.3) is 0 Å². The van der Waals surface area contributed by atoms with Crippen LogP contribution in [0.3, 0.4) is 0 Å². The van der Waals surface area contributed by atoms with Gasteiger partial charge in [-0.25, -0.2) is 12.8 Å². The highest BCUT2D eigenvalue weighted by molar-refractivity contribution is 7.98. The zero-order valence-corrected chi connectivity index (χ0v) is 21.5. The smallest absolute Gasteiger partial charge is 0.262 e. The van der Waals surface area contributed by atoms with Gasteiger partial charge in [0.2, 0.25) is 0 Å². The van der Waals surface area contributed by atoms with Crippen LogP contribution in [0.1, 0.15) is 32.6 Å². The van der Waals surface area contributed by atoms with E-state index in [-0.39, 0.29) is 22.2 Å². The molecule has 0 unspecified atom stereocenters. The molecule has 34 heavy (non-hydrogen) atoms. The fourth-order valence-electron chi connectivity index (χ4n) is 3.23. The van der Waals surface area contributed by atoms with E-state index in [4.69, 9.17) is 11.6 Å². The minimum Gasteiger partial charge on any atom is -0.351 e. The number of rotatable bonds is 9. The Balaban J connectivity index is 1.62. The SMILES string of the molecule is Cc1ccc(NS(=O)(=O)c2cc(C(=O)NCCSCc3c(F)cccc3Cl)ccc2C)cc1C. The number of anilines is 1. The molecule has 3 aromatic rings. The summed E-state index contributed by atoms with van der Waals surface area (Å²) in [6.07, 6.45) is 0. The van der Waals surface area contributed by atoms with Crippen molar-refractivity contribution < 1.29 is 17.6 Å². The molecule has 0 bridgehead atoms. The van der Waals surface area contributed by atoms with Gasteiger partial charge < -0.3 is 5.32 Å². The molecule has 3 rings (SSSR count). The van der Waals surface area contributed by atoms with Gasteiger partial charge in [-0.15, -0.1) is 0 Å². The highest BCUT2D eigenvalue weighted by Crippen LogP contribution is 2.24. The number of sulfonamides is 1.